The van der Waals surface area contributed by atoms with Crippen molar-refractivity contribution in [2.75, 3.05) is 28.6 Å². The van der Waals surface area contributed by atoms with E-state index in [9.17, 15) is 4.79 Å². The van der Waals surface area contributed by atoms with Gasteiger partial charge in [0, 0.05) is 41.8 Å². The highest BCUT2D eigenvalue weighted by Crippen LogP contribution is 2.32. The first-order valence-corrected chi connectivity index (χ1v) is 9.09. The van der Waals surface area contributed by atoms with Crippen molar-refractivity contribution in [1.82, 2.24) is 0 Å². The normalized spacial score (nSPS) is 12.7. The van der Waals surface area contributed by atoms with E-state index in [-0.39, 0.29) is 30.7 Å². The van der Waals surface area contributed by atoms with Gasteiger partial charge in [0.05, 0.1) is 0 Å². The van der Waals surface area contributed by atoms with E-state index >= 15 is 0 Å². The third-order valence-corrected chi connectivity index (χ3v) is 4.94. The van der Waals surface area contributed by atoms with Crippen LogP contribution in [0.3, 0.4) is 0 Å². The van der Waals surface area contributed by atoms with E-state index in [1.54, 1.807) is 0 Å². The number of rotatable bonds is 4. The molecule has 1 amide bonds. The molecule has 2 N–H and O–H groups in total. The first kappa shape index (κ1) is 23.1. The maximum Gasteiger partial charge on any atom is 0.258 e. The Morgan fingerprint density at radius 1 is 1.15 bits per heavy atom. The molecule has 0 saturated carbocycles. The number of halogens is 2. The molecule has 27 heavy (non-hydrogen) atoms. The number of nitrogens with zero attached hydrogens (tertiary/aromatic N) is 2. The summed E-state index contributed by atoms with van der Waals surface area (Å²) >= 11 is 0. The number of anilines is 3. The maximum absolute atomic E-state index is 13.0. The molecular weight excluding hydrogens is 381 g/mol. The van der Waals surface area contributed by atoms with Crippen LogP contribution in [-0.2, 0) is 6.42 Å². The molecule has 0 aromatic heterocycles. The summed E-state index contributed by atoms with van der Waals surface area (Å²) in [6.45, 7) is 8.19. The second kappa shape index (κ2) is 9.86. The molecule has 1 aliphatic heterocycles. The molecule has 1 heterocycles. The number of nitrogen functional groups attached to an aromatic ring is 1. The number of carbonyl (C=O) groups excluding carboxylic acids is 1. The Balaban J connectivity index is 0.00000182. The van der Waals surface area contributed by atoms with Crippen molar-refractivity contribution in [3.05, 3.63) is 53.6 Å². The van der Waals surface area contributed by atoms with Gasteiger partial charge < -0.3 is 15.5 Å². The van der Waals surface area contributed by atoms with Gasteiger partial charge in [-0.2, -0.15) is 0 Å². The van der Waals surface area contributed by atoms with Gasteiger partial charge >= 0.3 is 0 Å². The number of hydrogen-bond acceptors (Lipinski definition) is 3. The lowest BCUT2D eigenvalue weighted by Crippen LogP contribution is -2.35. The minimum absolute atomic E-state index is 0. The van der Waals surface area contributed by atoms with E-state index in [2.05, 4.69) is 25.7 Å². The molecule has 0 atom stereocenters. The van der Waals surface area contributed by atoms with Crippen molar-refractivity contribution in [3.8, 4) is 0 Å². The molecular formula is C21H29Cl2N3O. The van der Waals surface area contributed by atoms with E-state index in [1.807, 2.05) is 47.4 Å². The Kier molecular flexibility index (Phi) is 8.45. The molecule has 0 fully saturated rings. The largest absolute Gasteiger partial charge is 0.398 e. The van der Waals surface area contributed by atoms with Crippen molar-refractivity contribution in [1.29, 1.82) is 0 Å². The monoisotopic (exact) mass is 409 g/mol. The molecule has 2 aromatic carbocycles. The molecule has 0 aliphatic carbocycles. The van der Waals surface area contributed by atoms with E-state index in [1.165, 1.54) is 0 Å². The van der Waals surface area contributed by atoms with E-state index in [4.69, 9.17) is 5.73 Å². The lowest BCUT2D eigenvalue weighted by molar-refractivity contribution is 0.0985. The molecule has 0 bridgehead atoms. The summed E-state index contributed by atoms with van der Waals surface area (Å²) in [6, 6.07) is 14.2. The Labute approximate surface area is 174 Å². The lowest BCUT2D eigenvalue weighted by atomic mass is 9.99. The Bertz CT molecular complexity index is 763. The minimum atomic E-state index is 0. The fourth-order valence-electron chi connectivity index (χ4n) is 3.66. The summed E-state index contributed by atoms with van der Waals surface area (Å²) in [5, 5.41) is 0. The van der Waals surface area contributed by atoms with Crippen LogP contribution in [0.25, 0.3) is 0 Å². The fraction of sp³-hybridized carbons (Fsp3) is 0.381. The highest BCUT2D eigenvalue weighted by molar-refractivity contribution is 6.07. The van der Waals surface area contributed by atoms with Crippen LogP contribution in [-0.4, -0.2) is 25.0 Å². The van der Waals surface area contributed by atoms with Crippen LogP contribution in [0.4, 0.5) is 17.1 Å². The van der Waals surface area contributed by atoms with E-state index < -0.39 is 0 Å². The molecule has 1 aliphatic rings. The maximum atomic E-state index is 13.0. The number of fused-ring (bicyclic) bond motifs is 1. The van der Waals surface area contributed by atoms with Crippen molar-refractivity contribution < 1.29 is 4.79 Å². The van der Waals surface area contributed by atoms with Crippen LogP contribution in [0, 0.1) is 0 Å². The van der Waals surface area contributed by atoms with Crippen LogP contribution >= 0.6 is 24.8 Å². The molecule has 3 rings (SSSR count). The van der Waals surface area contributed by atoms with E-state index in [0.29, 0.717) is 6.04 Å². The first-order valence-electron chi connectivity index (χ1n) is 9.09. The zero-order chi connectivity index (χ0) is 18.0. The van der Waals surface area contributed by atoms with Crippen LogP contribution in [0.5, 0.6) is 0 Å². The number of nitrogens with two attached hydrogens (primary N) is 1. The average molecular weight is 410 g/mol. The van der Waals surface area contributed by atoms with Crippen molar-refractivity contribution in [3.63, 3.8) is 0 Å². The highest BCUT2D eigenvalue weighted by Gasteiger charge is 2.24. The zero-order valence-corrected chi connectivity index (χ0v) is 17.8. The average Bonchev–Trinajstić information content (AvgIpc) is 2.62. The number of carbonyl (C=O) groups is 1. The summed E-state index contributed by atoms with van der Waals surface area (Å²) in [5.41, 5.74) is 10.8. The third kappa shape index (κ3) is 4.69. The minimum Gasteiger partial charge on any atom is -0.398 e. The standard InChI is InChI=1S/C21H27N3O.2ClH/c1-4-23(15(2)3)17-12-10-16(11-13-17)21(25)24-14-6-7-18-19(22)8-5-9-20(18)24;;/h5,8-13,15H,4,6-7,14,22H2,1-3H3;2*1H. The molecule has 148 valence electrons. The Hall–Kier alpha value is -1.91. The molecule has 4 nitrogen and oxygen atoms in total. The van der Waals surface area contributed by atoms with Gasteiger partial charge in [-0.05, 0) is 75.6 Å². The molecule has 2 aromatic rings. The quantitative estimate of drug-likeness (QED) is 0.727. The molecule has 0 saturated heterocycles. The summed E-state index contributed by atoms with van der Waals surface area (Å²) in [7, 11) is 0. The van der Waals surface area contributed by atoms with Gasteiger partial charge in [-0.3, -0.25) is 4.79 Å². The topological polar surface area (TPSA) is 49.6 Å². The predicted octanol–water partition coefficient (Wildman–Crippen LogP) is 4.94. The lowest BCUT2D eigenvalue weighted by Gasteiger charge is -2.31. The summed E-state index contributed by atoms with van der Waals surface area (Å²) in [6.07, 6.45) is 1.88. The number of amides is 1. The fourth-order valence-corrected chi connectivity index (χ4v) is 3.66. The molecule has 0 unspecified atom stereocenters. The van der Waals surface area contributed by atoms with Gasteiger partial charge in [-0.1, -0.05) is 6.07 Å². The van der Waals surface area contributed by atoms with Crippen LogP contribution in [0.2, 0.25) is 0 Å². The zero-order valence-electron chi connectivity index (χ0n) is 16.1. The summed E-state index contributed by atoms with van der Waals surface area (Å²) in [5.74, 6) is 0.0469. The Morgan fingerprint density at radius 3 is 2.41 bits per heavy atom. The third-order valence-electron chi connectivity index (χ3n) is 4.94. The van der Waals surface area contributed by atoms with Gasteiger partial charge in [-0.25, -0.2) is 0 Å². The Morgan fingerprint density at radius 2 is 1.81 bits per heavy atom. The van der Waals surface area contributed by atoms with Gasteiger partial charge in [0.15, 0.2) is 0 Å². The summed E-state index contributed by atoms with van der Waals surface area (Å²) in [4.78, 5) is 17.2. The summed E-state index contributed by atoms with van der Waals surface area (Å²) < 4.78 is 0. The SMILES string of the molecule is CCN(c1ccc(C(=O)N2CCCc3c(N)cccc32)cc1)C(C)C.Cl.Cl. The second-order valence-electron chi connectivity index (χ2n) is 6.83. The van der Waals surface area contributed by atoms with Crippen molar-refractivity contribution >= 4 is 47.8 Å². The van der Waals surface area contributed by atoms with Gasteiger partial charge in [0.1, 0.15) is 0 Å². The molecule has 6 heteroatoms. The highest BCUT2D eigenvalue weighted by atomic mass is 35.5. The van der Waals surface area contributed by atoms with Crippen molar-refractivity contribution in [2.24, 2.45) is 0 Å². The smallest absolute Gasteiger partial charge is 0.258 e. The predicted molar refractivity (Wildman–Crippen MR) is 120 cm³/mol. The molecule has 0 spiro atoms. The van der Waals surface area contributed by atoms with Crippen LogP contribution in [0.1, 0.15) is 43.1 Å². The number of benzene rings is 2. The van der Waals surface area contributed by atoms with Gasteiger partial charge in [0.25, 0.3) is 5.91 Å². The van der Waals surface area contributed by atoms with E-state index in [0.717, 1.165) is 54.1 Å². The van der Waals surface area contributed by atoms with Crippen LogP contribution < -0.4 is 15.5 Å². The van der Waals surface area contributed by atoms with Crippen LogP contribution in [0.15, 0.2) is 42.5 Å². The second-order valence-corrected chi connectivity index (χ2v) is 6.83. The van der Waals surface area contributed by atoms with Gasteiger partial charge in [-0.15, -0.1) is 24.8 Å². The number of hydrogen-bond donors (Lipinski definition) is 1. The first-order chi connectivity index (χ1) is 12.0. The van der Waals surface area contributed by atoms with Crippen molar-refractivity contribution in [2.45, 2.75) is 39.7 Å². The molecule has 0 radical (unpaired) electrons. The van der Waals surface area contributed by atoms with Gasteiger partial charge in [0.2, 0.25) is 0 Å².